The van der Waals surface area contributed by atoms with Gasteiger partial charge in [0.25, 0.3) is 5.91 Å². The third-order valence-electron chi connectivity index (χ3n) is 4.82. The van der Waals surface area contributed by atoms with E-state index >= 15 is 0 Å². The molecule has 1 amide bonds. The molecule has 4 nitrogen and oxygen atoms in total. The highest BCUT2D eigenvalue weighted by Crippen LogP contribution is 2.29. The monoisotopic (exact) mass is 385 g/mol. The Labute approximate surface area is 163 Å². The Bertz CT molecular complexity index is 926. The molecule has 1 fully saturated rings. The molecule has 2 aromatic rings. The number of aromatic nitrogens is 1. The third kappa shape index (κ3) is 4.05. The van der Waals surface area contributed by atoms with Crippen LogP contribution < -0.4 is 4.90 Å². The molecule has 136 valence electrons. The number of H-pyrrole nitrogens is 1. The summed E-state index contributed by atoms with van der Waals surface area (Å²) in [5.74, 6) is 0.125. The lowest BCUT2D eigenvalue weighted by Gasteiger charge is -2.27. The van der Waals surface area contributed by atoms with Gasteiger partial charge in [-0.05, 0) is 63.0 Å². The lowest BCUT2D eigenvalue weighted by atomic mass is 9.88. The quantitative estimate of drug-likeness (QED) is 0.415. The van der Waals surface area contributed by atoms with E-state index in [0.29, 0.717) is 5.92 Å². The second-order valence-corrected chi connectivity index (χ2v) is 8.77. The summed E-state index contributed by atoms with van der Waals surface area (Å²) < 4.78 is 1.73. The summed E-state index contributed by atoms with van der Waals surface area (Å²) in [4.78, 5) is 18.0. The summed E-state index contributed by atoms with van der Waals surface area (Å²) in [6.07, 6.45) is 7.64. The average molecular weight is 386 g/mol. The summed E-state index contributed by atoms with van der Waals surface area (Å²) >= 11 is 6.70. The lowest BCUT2D eigenvalue weighted by molar-refractivity contribution is -0.115. The standard InChI is InChI=1S/C20H23N3OS2/c1-13(2)23(16-8-9-17-18(11-16)26-20(25)22-17)19(24)15(12-21)10-14-6-4-3-5-7-14/h8-11,13-14H,3-7H2,1-2H3,(H,22,25)/b15-10+. The number of carbonyl (C=O) groups excluding carboxylic acids is 1. The molecule has 0 spiro atoms. The van der Waals surface area contributed by atoms with E-state index in [1.165, 1.54) is 30.6 Å². The number of hydrogen-bond acceptors (Lipinski definition) is 4. The number of anilines is 1. The second kappa shape index (κ2) is 8.15. The zero-order valence-electron chi connectivity index (χ0n) is 15.1. The molecule has 1 heterocycles. The molecule has 1 aromatic carbocycles. The topological polar surface area (TPSA) is 59.9 Å². The molecule has 0 atom stereocenters. The Kier molecular flexibility index (Phi) is 5.90. The zero-order chi connectivity index (χ0) is 18.7. The molecule has 0 unspecified atom stereocenters. The van der Waals surface area contributed by atoms with Gasteiger partial charge in [0.2, 0.25) is 0 Å². The molecule has 0 bridgehead atoms. The number of allylic oxidation sites excluding steroid dienone is 1. The van der Waals surface area contributed by atoms with Crippen molar-refractivity contribution >= 4 is 45.4 Å². The van der Waals surface area contributed by atoms with Crippen LogP contribution in [0.5, 0.6) is 0 Å². The Morgan fingerprint density at radius 3 is 2.77 bits per heavy atom. The number of nitriles is 1. The van der Waals surface area contributed by atoms with Crippen LogP contribution in [0.15, 0.2) is 29.8 Å². The van der Waals surface area contributed by atoms with E-state index < -0.39 is 0 Å². The van der Waals surface area contributed by atoms with Gasteiger partial charge in [0.05, 0.1) is 10.2 Å². The maximum absolute atomic E-state index is 13.1. The summed E-state index contributed by atoms with van der Waals surface area (Å²) in [6.45, 7) is 3.94. The van der Waals surface area contributed by atoms with Crippen molar-refractivity contribution in [3.8, 4) is 6.07 Å². The van der Waals surface area contributed by atoms with Crippen LogP contribution in [0.1, 0.15) is 46.0 Å². The van der Waals surface area contributed by atoms with Crippen molar-refractivity contribution < 1.29 is 4.79 Å². The molecule has 1 aromatic heterocycles. The summed E-state index contributed by atoms with van der Waals surface area (Å²) in [5, 5.41) is 9.60. The Hall–Kier alpha value is -1.97. The minimum Gasteiger partial charge on any atom is -0.337 e. The van der Waals surface area contributed by atoms with Gasteiger partial charge in [-0.2, -0.15) is 5.26 Å². The zero-order valence-corrected chi connectivity index (χ0v) is 16.8. The Morgan fingerprint density at radius 2 is 2.12 bits per heavy atom. The number of nitrogens with zero attached hydrogens (tertiary/aromatic N) is 2. The van der Waals surface area contributed by atoms with Crippen molar-refractivity contribution in [1.82, 2.24) is 4.98 Å². The molecule has 0 saturated heterocycles. The van der Waals surface area contributed by atoms with E-state index in [1.807, 2.05) is 38.1 Å². The van der Waals surface area contributed by atoms with E-state index in [-0.39, 0.29) is 17.5 Å². The van der Waals surface area contributed by atoms with Crippen molar-refractivity contribution in [2.75, 3.05) is 4.90 Å². The number of amides is 1. The first kappa shape index (κ1) is 18.8. The number of nitrogens with one attached hydrogen (secondary N) is 1. The van der Waals surface area contributed by atoms with Crippen molar-refractivity contribution in [3.63, 3.8) is 0 Å². The van der Waals surface area contributed by atoms with Crippen LogP contribution in [0, 0.1) is 21.2 Å². The second-order valence-electron chi connectivity index (χ2n) is 7.05. The number of carbonyl (C=O) groups is 1. The van der Waals surface area contributed by atoms with Crippen LogP contribution >= 0.6 is 23.6 Å². The maximum Gasteiger partial charge on any atom is 0.268 e. The van der Waals surface area contributed by atoms with Gasteiger partial charge in [-0.25, -0.2) is 0 Å². The average Bonchev–Trinajstić information content (AvgIpc) is 2.99. The number of hydrogen-bond donors (Lipinski definition) is 1. The first-order valence-corrected chi connectivity index (χ1v) is 10.3. The van der Waals surface area contributed by atoms with Crippen LogP contribution in [0.25, 0.3) is 10.2 Å². The van der Waals surface area contributed by atoms with Gasteiger partial charge in [-0.1, -0.05) is 25.3 Å². The molecule has 0 radical (unpaired) electrons. The molecule has 1 aliphatic carbocycles. The SMILES string of the molecule is CC(C)N(C(=O)/C(C#N)=C/C1CCCCC1)c1ccc2[nH]c(=S)sc2c1. The largest absolute Gasteiger partial charge is 0.337 e. The molecule has 0 aliphatic heterocycles. The third-order valence-corrected chi connectivity index (χ3v) is 6.02. The first-order valence-electron chi connectivity index (χ1n) is 9.08. The molecule has 1 aliphatic rings. The molecular formula is C20H23N3OS2. The van der Waals surface area contributed by atoms with Crippen molar-refractivity contribution in [2.24, 2.45) is 5.92 Å². The minimum absolute atomic E-state index is 0.0463. The van der Waals surface area contributed by atoms with Gasteiger partial charge in [-0.15, -0.1) is 11.3 Å². The fourth-order valence-corrected chi connectivity index (χ4v) is 4.71. The van der Waals surface area contributed by atoms with Crippen LogP contribution in [0.4, 0.5) is 5.69 Å². The number of benzene rings is 1. The predicted molar refractivity (Wildman–Crippen MR) is 110 cm³/mol. The molecular weight excluding hydrogens is 362 g/mol. The maximum atomic E-state index is 13.1. The number of thiazole rings is 1. The highest BCUT2D eigenvalue weighted by Gasteiger charge is 2.24. The lowest BCUT2D eigenvalue weighted by Crippen LogP contribution is -2.38. The van der Waals surface area contributed by atoms with E-state index in [9.17, 15) is 10.1 Å². The summed E-state index contributed by atoms with van der Waals surface area (Å²) in [6, 6.07) is 7.92. The van der Waals surface area contributed by atoms with Crippen molar-refractivity contribution in [1.29, 1.82) is 5.26 Å². The molecule has 1 saturated carbocycles. The van der Waals surface area contributed by atoms with Crippen molar-refractivity contribution in [2.45, 2.75) is 52.0 Å². The van der Waals surface area contributed by atoms with Crippen LogP contribution in [-0.2, 0) is 4.79 Å². The highest BCUT2D eigenvalue weighted by molar-refractivity contribution is 7.73. The predicted octanol–water partition coefficient (Wildman–Crippen LogP) is 5.73. The van der Waals surface area contributed by atoms with Crippen LogP contribution in [0.3, 0.4) is 0 Å². The normalized spacial score (nSPS) is 16.0. The minimum atomic E-state index is -0.216. The Balaban J connectivity index is 1.94. The van der Waals surface area contributed by atoms with Crippen LogP contribution in [0.2, 0.25) is 0 Å². The number of rotatable bonds is 4. The van der Waals surface area contributed by atoms with Gasteiger partial charge >= 0.3 is 0 Å². The van der Waals surface area contributed by atoms with Gasteiger partial charge in [0, 0.05) is 11.7 Å². The van der Waals surface area contributed by atoms with Gasteiger partial charge in [-0.3, -0.25) is 4.79 Å². The highest BCUT2D eigenvalue weighted by atomic mass is 32.1. The van der Waals surface area contributed by atoms with Crippen molar-refractivity contribution in [3.05, 3.63) is 33.8 Å². The molecule has 3 rings (SSSR count). The van der Waals surface area contributed by atoms with E-state index in [4.69, 9.17) is 12.2 Å². The molecule has 26 heavy (non-hydrogen) atoms. The van der Waals surface area contributed by atoms with E-state index in [0.717, 1.165) is 32.7 Å². The summed E-state index contributed by atoms with van der Waals surface area (Å²) in [7, 11) is 0. The smallest absolute Gasteiger partial charge is 0.268 e. The van der Waals surface area contributed by atoms with Crippen LogP contribution in [-0.4, -0.2) is 16.9 Å². The molecule has 1 N–H and O–H groups in total. The fraction of sp³-hybridized carbons (Fsp3) is 0.450. The van der Waals surface area contributed by atoms with Gasteiger partial charge in [0.1, 0.15) is 11.6 Å². The summed E-state index contributed by atoms with van der Waals surface area (Å²) in [5.41, 5.74) is 2.03. The van der Waals surface area contributed by atoms with Gasteiger partial charge < -0.3 is 9.88 Å². The molecule has 6 heteroatoms. The fourth-order valence-electron chi connectivity index (χ4n) is 3.56. The van der Waals surface area contributed by atoms with E-state index in [2.05, 4.69) is 11.1 Å². The number of fused-ring (bicyclic) bond motifs is 1. The Morgan fingerprint density at radius 1 is 1.38 bits per heavy atom. The number of aromatic amines is 1. The van der Waals surface area contributed by atoms with E-state index in [1.54, 1.807) is 4.90 Å². The first-order chi connectivity index (χ1) is 12.5. The van der Waals surface area contributed by atoms with Gasteiger partial charge in [0.15, 0.2) is 3.95 Å².